The van der Waals surface area contributed by atoms with Gasteiger partial charge in [-0.1, -0.05) is 18.2 Å². The summed E-state index contributed by atoms with van der Waals surface area (Å²) in [5, 5.41) is 5.21. The molecule has 23 heavy (non-hydrogen) atoms. The Morgan fingerprint density at radius 2 is 2.13 bits per heavy atom. The van der Waals surface area contributed by atoms with Crippen LogP contribution in [0.5, 0.6) is 0 Å². The Morgan fingerprint density at radius 1 is 1.39 bits per heavy atom. The zero-order valence-electron chi connectivity index (χ0n) is 12.1. The van der Waals surface area contributed by atoms with Gasteiger partial charge in [-0.3, -0.25) is 4.79 Å². The van der Waals surface area contributed by atoms with Crippen molar-refractivity contribution in [3.63, 3.8) is 0 Å². The standard InChI is InChI=1S/C14H15N3O3S2.ClH/c15-7-13-16-11(8-21-13)14(18)17-10-5-6-22(19,20)12-4-2-1-3-9(10)12;/h1-4,8,10H,5-7,15H2,(H,17,18);1H. The average molecular weight is 374 g/mol. The van der Waals surface area contributed by atoms with Gasteiger partial charge in [0.2, 0.25) is 0 Å². The van der Waals surface area contributed by atoms with Gasteiger partial charge in [0.05, 0.1) is 16.7 Å². The van der Waals surface area contributed by atoms with Gasteiger partial charge in [-0.05, 0) is 18.1 Å². The number of sulfone groups is 1. The van der Waals surface area contributed by atoms with Crippen molar-refractivity contribution in [3.8, 4) is 0 Å². The number of halogens is 1. The molecule has 9 heteroatoms. The maximum atomic E-state index is 12.3. The monoisotopic (exact) mass is 373 g/mol. The van der Waals surface area contributed by atoms with Gasteiger partial charge in [-0.15, -0.1) is 23.7 Å². The molecule has 1 amide bonds. The third-order valence-electron chi connectivity index (χ3n) is 3.57. The first-order valence-electron chi connectivity index (χ1n) is 6.78. The number of rotatable bonds is 3. The number of nitrogens with zero attached hydrogens (tertiary/aromatic N) is 1. The van der Waals surface area contributed by atoms with Crippen molar-refractivity contribution in [1.29, 1.82) is 0 Å². The van der Waals surface area contributed by atoms with Gasteiger partial charge in [0.25, 0.3) is 5.91 Å². The van der Waals surface area contributed by atoms with Gasteiger partial charge in [-0.2, -0.15) is 0 Å². The molecular formula is C14H16ClN3O3S2. The summed E-state index contributed by atoms with van der Waals surface area (Å²) in [6, 6.07) is 6.46. The Morgan fingerprint density at radius 3 is 2.83 bits per heavy atom. The minimum Gasteiger partial charge on any atom is -0.344 e. The molecule has 0 radical (unpaired) electrons. The fourth-order valence-corrected chi connectivity index (χ4v) is 4.76. The number of carbonyl (C=O) groups excluding carboxylic acids is 1. The highest BCUT2D eigenvalue weighted by atomic mass is 35.5. The number of carbonyl (C=O) groups is 1. The average Bonchev–Trinajstić information content (AvgIpc) is 2.99. The lowest BCUT2D eigenvalue weighted by Gasteiger charge is -2.25. The minimum absolute atomic E-state index is 0. The van der Waals surface area contributed by atoms with E-state index in [1.165, 1.54) is 11.3 Å². The molecule has 0 saturated carbocycles. The van der Waals surface area contributed by atoms with Crippen LogP contribution in [-0.4, -0.2) is 25.1 Å². The lowest BCUT2D eigenvalue weighted by molar-refractivity contribution is 0.0930. The number of nitrogens with one attached hydrogen (secondary N) is 1. The molecule has 1 unspecified atom stereocenters. The van der Waals surface area contributed by atoms with Crippen LogP contribution in [0, 0.1) is 0 Å². The first kappa shape index (κ1) is 17.9. The molecule has 1 aliphatic rings. The Balaban J connectivity index is 0.00000192. The highest BCUT2D eigenvalue weighted by molar-refractivity contribution is 7.91. The predicted octanol–water partition coefficient (Wildman–Crippen LogP) is 1.67. The summed E-state index contributed by atoms with van der Waals surface area (Å²) in [6.07, 6.45) is 0.360. The number of hydrogen-bond acceptors (Lipinski definition) is 6. The highest BCUT2D eigenvalue weighted by Crippen LogP contribution is 2.32. The lowest BCUT2D eigenvalue weighted by atomic mass is 10.0. The second kappa shape index (κ2) is 6.96. The third-order valence-corrected chi connectivity index (χ3v) is 6.26. The van der Waals surface area contributed by atoms with E-state index in [0.29, 0.717) is 34.1 Å². The zero-order valence-corrected chi connectivity index (χ0v) is 14.5. The van der Waals surface area contributed by atoms with Gasteiger partial charge in [0.15, 0.2) is 9.84 Å². The second-order valence-corrected chi connectivity index (χ2v) is 8.02. The van der Waals surface area contributed by atoms with Crippen LogP contribution in [0.2, 0.25) is 0 Å². The van der Waals surface area contributed by atoms with Crippen LogP contribution in [-0.2, 0) is 16.4 Å². The molecule has 0 fully saturated rings. The summed E-state index contributed by atoms with van der Waals surface area (Å²) in [4.78, 5) is 16.7. The van der Waals surface area contributed by atoms with E-state index in [2.05, 4.69) is 10.3 Å². The van der Waals surface area contributed by atoms with Crippen molar-refractivity contribution < 1.29 is 13.2 Å². The van der Waals surface area contributed by atoms with E-state index < -0.39 is 9.84 Å². The highest BCUT2D eigenvalue weighted by Gasteiger charge is 2.31. The van der Waals surface area contributed by atoms with Gasteiger partial charge in [0, 0.05) is 11.9 Å². The fourth-order valence-electron chi connectivity index (χ4n) is 2.48. The van der Waals surface area contributed by atoms with E-state index in [9.17, 15) is 13.2 Å². The molecule has 0 saturated heterocycles. The van der Waals surface area contributed by atoms with Crippen LogP contribution >= 0.6 is 23.7 Å². The molecular weight excluding hydrogens is 358 g/mol. The maximum Gasteiger partial charge on any atom is 0.271 e. The molecule has 0 aliphatic carbocycles. The fraction of sp³-hybridized carbons (Fsp3) is 0.286. The Hall–Kier alpha value is -1.48. The Labute approximate surface area is 144 Å². The molecule has 124 valence electrons. The van der Waals surface area contributed by atoms with Crippen molar-refractivity contribution in [3.05, 3.63) is 45.9 Å². The van der Waals surface area contributed by atoms with Crippen LogP contribution in [0.15, 0.2) is 34.5 Å². The molecule has 6 nitrogen and oxygen atoms in total. The maximum absolute atomic E-state index is 12.3. The van der Waals surface area contributed by atoms with Crippen LogP contribution in [0.25, 0.3) is 0 Å². The molecule has 2 aromatic rings. The lowest BCUT2D eigenvalue weighted by Crippen LogP contribution is -2.34. The molecule has 1 aromatic carbocycles. The van der Waals surface area contributed by atoms with E-state index in [-0.39, 0.29) is 30.1 Å². The SMILES string of the molecule is Cl.NCc1nc(C(=O)NC2CCS(=O)(=O)c3ccccc32)cs1. The van der Waals surface area contributed by atoms with E-state index in [1.807, 2.05) is 0 Å². The summed E-state index contributed by atoms with van der Waals surface area (Å²) in [5.74, 6) is -0.282. The molecule has 1 aliphatic heterocycles. The normalized spacial score (nSPS) is 18.6. The number of amides is 1. The molecule has 0 bridgehead atoms. The van der Waals surface area contributed by atoms with E-state index in [0.717, 1.165) is 0 Å². The molecule has 2 heterocycles. The summed E-state index contributed by atoms with van der Waals surface area (Å²) in [6.45, 7) is 0.294. The molecule has 3 N–H and O–H groups in total. The van der Waals surface area contributed by atoms with E-state index in [4.69, 9.17) is 5.73 Å². The van der Waals surface area contributed by atoms with Gasteiger partial charge < -0.3 is 11.1 Å². The summed E-state index contributed by atoms with van der Waals surface area (Å²) < 4.78 is 24.2. The van der Waals surface area contributed by atoms with E-state index in [1.54, 1.807) is 29.6 Å². The van der Waals surface area contributed by atoms with Gasteiger partial charge >= 0.3 is 0 Å². The molecule has 1 atom stereocenters. The quantitative estimate of drug-likeness (QED) is 0.852. The molecule has 3 rings (SSSR count). The van der Waals surface area contributed by atoms with Crippen molar-refractivity contribution in [1.82, 2.24) is 10.3 Å². The summed E-state index contributed by atoms with van der Waals surface area (Å²) in [5.41, 5.74) is 6.44. The van der Waals surface area contributed by atoms with Gasteiger partial charge in [0.1, 0.15) is 10.7 Å². The number of fused-ring (bicyclic) bond motifs is 1. The predicted molar refractivity (Wildman–Crippen MR) is 90.6 cm³/mol. The third kappa shape index (κ3) is 3.55. The van der Waals surface area contributed by atoms with Crippen molar-refractivity contribution >= 4 is 39.5 Å². The van der Waals surface area contributed by atoms with Crippen LogP contribution in [0.4, 0.5) is 0 Å². The first-order valence-corrected chi connectivity index (χ1v) is 9.31. The van der Waals surface area contributed by atoms with Crippen LogP contribution < -0.4 is 11.1 Å². The molecule has 0 spiro atoms. The summed E-state index contributed by atoms with van der Waals surface area (Å²) in [7, 11) is -3.26. The van der Waals surface area contributed by atoms with Crippen molar-refractivity contribution in [2.75, 3.05) is 5.75 Å². The zero-order chi connectivity index (χ0) is 15.7. The second-order valence-electron chi connectivity index (χ2n) is 5.00. The van der Waals surface area contributed by atoms with Crippen LogP contribution in [0.1, 0.15) is 33.5 Å². The van der Waals surface area contributed by atoms with Crippen LogP contribution in [0.3, 0.4) is 0 Å². The summed E-state index contributed by atoms with van der Waals surface area (Å²) >= 11 is 1.33. The number of hydrogen-bond donors (Lipinski definition) is 2. The number of thiazole rings is 1. The van der Waals surface area contributed by atoms with Gasteiger partial charge in [-0.25, -0.2) is 13.4 Å². The van der Waals surface area contributed by atoms with E-state index >= 15 is 0 Å². The van der Waals surface area contributed by atoms with Crippen molar-refractivity contribution in [2.45, 2.75) is 23.9 Å². The number of benzene rings is 1. The topological polar surface area (TPSA) is 102 Å². The first-order chi connectivity index (χ1) is 10.5. The Bertz CT molecular complexity index is 820. The minimum atomic E-state index is -3.26. The smallest absolute Gasteiger partial charge is 0.271 e. The molecule has 1 aromatic heterocycles. The largest absolute Gasteiger partial charge is 0.344 e. The Kier molecular flexibility index (Phi) is 5.41. The number of aromatic nitrogens is 1. The number of nitrogens with two attached hydrogens (primary N) is 1. The van der Waals surface area contributed by atoms with Crippen molar-refractivity contribution in [2.24, 2.45) is 5.73 Å².